The van der Waals surface area contributed by atoms with E-state index >= 15 is 0 Å². The van der Waals surface area contributed by atoms with E-state index < -0.39 is 0 Å². The second-order valence-electron chi connectivity index (χ2n) is 3.51. The van der Waals surface area contributed by atoms with E-state index in [4.69, 9.17) is 4.74 Å². The summed E-state index contributed by atoms with van der Waals surface area (Å²) in [6.45, 7) is 3.51. The molecule has 0 amide bonds. The average Bonchev–Trinajstić information content (AvgIpc) is 2.73. The van der Waals surface area contributed by atoms with Gasteiger partial charge in [0.15, 0.2) is 0 Å². The zero-order valence-corrected chi connectivity index (χ0v) is 12.0. The lowest BCUT2D eigenvalue weighted by Crippen LogP contribution is -1.98. The summed E-state index contributed by atoms with van der Waals surface area (Å²) in [5.41, 5.74) is 1.08. The van der Waals surface area contributed by atoms with Crippen molar-refractivity contribution in [1.82, 2.24) is 0 Å². The average molecular weight is 312 g/mol. The van der Waals surface area contributed by atoms with Crippen LogP contribution in [-0.2, 0) is 6.54 Å². The third kappa shape index (κ3) is 3.48. The number of benzene rings is 1. The van der Waals surface area contributed by atoms with Gasteiger partial charge in [-0.1, -0.05) is 6.07 Å². The molecule has 0 aliphatic carbocycles. The Bertz CT molecular complexity index is 484. The zero-order chi connectivity index (χ0) is 12.1. The van der Waals surface area contributed by atoms with Gasteiger partial charge in [0.1, 0.15) is 5.75 Å². The molecule has 2 rings (SSSR count). The summed E-state index contributed by atoms with van der Waals surface area (Å²) >= 11 is 5.27. The molecule has 1 aromatic carbocycles. The first-order valence-electron chi connectivity index (χ1n) is 5.48. The number of anilines is 1. The van der Waals surface area contributed by atoms with Gasteiger partial charge in [0.25, 0.3) is 0 Å². The van der Waals surface area contributed by atoms with Gasteiger partial charge in [-0.05, 0) is 46.4 Å². The molecule has 0 aliphatic rings. The number of halogens is 1. The van der Waals surface area contributed by atoms with E-state index in [1.165, 1.54) is 4.88 Å². The summed E-state index contributed by atoms with van der Waals surface area (Å²) in [4.78, 5) is 1.30. The fraction of sp³-hybridized carbons (Fsp3) is 0.231. The predicted molar refractivity (Wildman–Crippen MR) is 77.0 cm³/mol. The number of rotatable bonds is 5. The SMILES string of the molecule is CCOc1cccc(NCc2sccc2Br)c1. The van der Waals surface area contributed by atoms with Gasteiger partial charge in [-0.25, -0.2) is 0 Å². The van der Waals surface area contributed by atoms with E-state index in [9.17, 15) is 0 Å². The van der Waals surface area contributed by atoms with Crippen LogP contribution in [0.3, 0.4) is 0 Å². The molecule has 0 bridgehead atoms. The summed E-state index contributed by atoms with van der Waals surface area (Å²) < 4.78 is 6.62. The minimum Gasteiger partial charge on any atom is -0.494 e. The van der Waals surface area contributed by atoms with Gasteiger partial charge >= 0.3 is 0 Å². The fourth-order valence-electron chi connectivity index (χ4n) is 1.50. The van der Waals surface area contributed by atoms with Crippen LogP contribution in [0.25, 0.3) is 0 Å². The van der Waals surface area contributed by atoms with Gasteiger partial charge < -0.3 is 10.1 Å². The van der Waals surface area contributed by atoms with Gasteiger partial charge in [-0.15, -0.1) is 11.3 Å². The summed E-state index contributed by atoms with van der Waals surface area (Å²) in [7, 11) is 0. The molecule has 0 radical (unpaired) electrons. The molecule has 0 saturated carbocycles. The van der Waals surface area contributed by atoms with Crippen molar-refractivity contribution < 1.29 is 4.74 Å². The monoisotopic (exact) mass is 311 g/mol. The number of nitrogens with one attached hydrogen (secondary N) is 1. The third-order valence-electron chi connectivity index (χ3n) is 2.29. The number of thiophene rings is 1. The van der Waals surface area contributed by atoms with Crippen LogP contribution in [0.2, 0.25) is 0 Å². The zero-order valence-electron chi connectivity index (χ0n) is 9.57. The van der Waals surface area contributed by atoms with Crippen molar-refractivity contribution in [3.63, 3.8) is 0 Å². The van der Waals surface area contributed by atoms with Crippen molar-refractivity contribution in [2.24, 2.45) is 0 Å². The molecule has 1 N–H and O–H groups in total. The lowest BCUT2D eigenvalue weighted by Gasteiger charge is -2.08. The molecule has 2 aromatic rings. The topological polar surface area (TPSA) is 21.3 Å². The highest BCUT2D eigenvalue weighted by molar-refractivity contribution is 9.10. The smallest absolute Gasteiger partial charge is 0.121 e. The van der Waals surface area contributed by atoms with Crippen LogP contribution in [0.15, 0.2) is 40.2 Å². The quantitative estimate of drug-likeness (QED) is 0.876. The molecule has 0 spiro atoms. The second kappa shape index (κ2) is 6.07. The Labute approximate surface area is 114 Å². The molecule has 0 atom stereocenters. The minimum atomic E-state index is 0.694. The van der Waals surface area contributed by atoms with E-state index in [0.717, 1.165) is 22.5 Å². The Hall–Kier alpha value is -1.00. The summed E-state index contributed by atoms with van der Waals surface area (Å²) in [5, 5.41) is 5.47. The van der Waals surface area contributed by atoms with E-state index in [1.54, 1.807) is 11.3 Å². The van der Waals surface area contributed by atoms with Crippen LogP contribution < -0.4 is 10.1 Å². The van der Waals surface area contributed by atoms with Crippen LogP contribution in [0, 0.1) is 0 Å². The Balaban J connectivity index is 1.99. The van der Waals surface area contributed by atoms with Crippen LogP contribution in [0.1, 0.15) is 11.8 Å². The van der Waals surface area contributed by atoms with Gasteiger partial charge in [-0.2, -0.15) is 0 Å². The van der Waals surface area contributed by atoms with Crippen molar-refractivity contribution in [2.45, 2.75) is 13.5 Å². The molecular formula is C13H14BrNOS. The molecule has 0 fully saturated rings. The summed E-state index contributed by atoms with van der Waals surface area (Å²) in [5.74, 6) is 0.905. The first-order valence-corrected chi connectivity index (χ1v) is 7.15. The summed E-state index contributed by atoms with van der Waals surface area (Å²) in [6.07, 6.45) is 0. The molecule has 0 unspecified atom stereocenters. The van der Waals surface area contributed by atoms with Gasteiger partial charge in [-0.3, -0.25) is 0 Å². The van der Waals surface area contributed by atoms with E-state index in [-0.39, 0.29) is 0 Å². The fourth-order valence-corrected chi connectivity index (χ4v) is 2.93. The molecule has 4 heteroatoms. The first kappa shape index (κ1) is 12.5. The molecule has 0 aliphatic heterocycles. The Morgan fingerprint density at radius 3 is 2.94 bits per heavy atom. The predicted octanol–water partition coefficient (Wildman–Crippen LogP) is 4.52. The standard InChI is InChI=1S/C13H14BrNOS/c1-2-16-11-5-3-4-10(8-11)15-9-13-12(14)6-7-17-13/h3-8,15H,2,9H2,1H3. The van der Waals surface area contributed by atoms with Crippen molar-refractivity contribution in [3.05, 3.63) is 45.1 Å². The minimum absolute atomic E-state index is 0.694. The van der Waals surface area contributed by atoms with Gasteiger partial charge in [0.2, 0.25) is 0 Å². The van der Waals surface area contributed by atoms with Gasteiger partial charge in [0, 0.05) is 21.1 Å². The van der Waals surface area contributed by atoms with Gasteiger partial charge in [0.05, 0.1) is 13.2 Å². The lowest BCUT2D eigenvalue weighted by atomic mass is 10.3. The van der Waals surface area contributed by atoms with Crippen LogP contribution in [0.4, 0.5) is 5.69 Å². The molecule has 2 nitrogen and oxygen atoms in total. The molecule has 1 aromatic heterocycles. The molecule has 0 saturated heterocycles. The van der Waals surface area contributed by atoms with E-state index in [2.05, 4.69) is 32.7 Å². The van der Waals surface area contributed by atoms with Crippen LogP contribution in [-0.4, -0.2) is 6.61 Å². The first-order chi connectivity index (χ1) is 8.29. The maximum atomic E-state index is 5.46. The highest BCUT2D eigenvalue weighted by Crippen LogP contribution is 2.24. The largest absolute Gasteiger partial charge is 0.494 e. The Kier molecular flexibility index (Phi) is 4.45. The van der Waals surface area contributed by atoms with Crippen LogP contribution >= 0.6 is 27.3 Å². The highest BCUT2D eigenvalue weighted by Gasteiger charge is 2.01. The Morgan fingerprint density at radius 1 is 1.35 bits per heavy atom. The maximum Gasteiger partial charge on any atom is 0.121 e. The number of hydrogen-bond donors (Lipinski definition) is 1. The molecule has 17 heavy (non-hydrogen) atoms. The van der Waals surface area contributed by atoms with Crippen molar-refractivity contribution in [1.29, 1.82) is 0 Å². The summed E-state index contributed by atoms with van der Waals surface area (Å²) in [6, 6.07) is 10.1. The molecular weight excluding hydrogens is 298 g/mol. The van der Waals surface area contributed by atoms with Crippen molar-refractivity contribution in [3.8, 4) is 5.75 Å². The maximum absolute atomic E-state index is 5.46. The van der Waals surface area contributed by atoms with Crippen LogP contribution in [0.5, 0.6) is 5.75 Å². The third-order valence-corrected chi connectivity index (χ3v) is 4.22. The number of ether oxygens (including phenoxy) is 1. The molecule has 1 heterocycles. The van der Waals surface area contributed by atoms with Crippen molar-refractivity contribution >= 4 is 33.0 Å². The molecule has 90 valence electrons. The van der Waals surface area contributed by atoms with E-state index in [1.807, 2.05) is 31.2 Å². The Morgan fingerprint density at radius 2 is 2.24 bits per heavy atom. The number of hydrogen-bond acceptors (Lipinski definition) is 3. The van der Waals surface area contributed by atoms with E-state index in [0.29, 0.717) is 6.61 Å². The highest BCUT2D eigenvalue weighted by atomic mass is 79.9. The normalized spacial score (nSPS) is 10.2. The second-order valence-corrected chi connectivity index (χ2v) is 5.36. The lowest BCUT2D eigenvalue weighted by molar-refractivity contribution is 0.340. The van der Waals surface area contributed by atoms with Crippen molar-refractivity contribution in [2.75, 3.05) is 11.9 Å².